The Hall–Kier alpha value is -3.17. The number of hydrogen-bond donors (Lipinski definition) is 0. The Morgan fingerprint density at radius 3 is 2.29 bits per heavy atom. The van der Waals surface area contributed by atoms with Crippen molar-refractivity contribution >= 4 is 33.2 Å². The van der Waals surface area contributed by atoms with Gasteiger partial charge in [0.05, 0.1) is 23.2 Å². The van der Waals surface area contributed by atoms with Gasteiger partial charge in [-0.25, -0.2) is 17.2 Å². The zero-order valence-corrected chi connectivity index (χ0v) is 26.3. The molecule has 3 aromatic carbocycles. The molecular weight excluding hydrogens is 582 g/mol. The van der Waals surface area contributed by atoms with Crippen molar-refractivity contribution in [2.24, 2.45) is 11.8 Å². The Morgan fingerprint density at radius 2 is 1.62 bits per heavy atom. The number of sulfonamides is 1. The average Bonchev–Trinajstić information content (AvgIpc) is 2.94. The summed E-state index contributed by atoms with van der Waals surface area (Å²) in [5.74, 6) is -0.706. The maximum atomic E-state index is 15.1. The number of ether oxygens (including phenoxy) is 1. The number of para-hydroxylation sites is 1. The van der Waals surface area contributed by atoms with Gasteiger partial charge in [-0.1, -0.05) is 50.6 Å². The second-order valence-corrected chi connectivity index (χ2v) is 13.2. The Balaban J connectivity index is 1.80. The number of carbonyl (C=O) groups is 1. The van der Waals surface area contributed by atoms with Gasteiger partial charge < -0.3 is 9.64 Å². The second-order valence-electron chi connectivity index (χ2n) is 10.9. The summed E-state index contributed by atoms with van der Waals surface area (Å²) in [6.45, 7) is 8.66. The van der Waals surface area contributed by atoms with E-state index in [-0.39, 0.29) is 16.7 Å². The van der Waals surface area contributed by atoms with E-state index in [4.69, 9.17) is 16.3 Å². The van der Waals surface area contributed by atoms with Crippen molar-refractivity contribution in [3.63, 3.8) is 0 Å². The standard InChI is InChI=1S/C32H39ClF2N2O4S/c1-22(2)20-23(3)32(38)36(5)18-8-9-19-41-31-11-7-6-10-28(31)24(4)37(30-21-26(34)14-17-29(30)35)42(39,40)27-15-12-25(33)13-16-27/h6-7,10-17,21-24H,8-9,18-20H2,1-5H3. The van der Waals surface area contributed by atoms with Gasteiger partial charge in [-0.05, 0) is 74.6 Å². The van der Waals surface area contributed by atoms with E-state index in [9.17, 15) is 17.6 Å². The molecule has 0 bridgehead atoms. The van der Waals surface area contributed by atoms with Crippen molar-refractivity contribution in [1.82, 2.24) is 4.90 Å². The summed E-state index contributed by atoms with van der Waals surface area (Å²) in [4.78, 5) is 14.2. The zero-order valence-electron chi connectivity index (χ0n) is 24.7. The summed E-state index contributed by atoms with van der Waals surface area (Å²) >= 11 is 5.96. The lowest BCUT2D eigenvalue weighted by molar-refractivity contribution is -0.134. The molecule has 0 radical (unpaired) electrons. The van der Waals surface area contributed by atoms with Crippen LogP contribution in [-0.2, 0) is 14.8 Å². The molecule has 0 aliphatic carbocycles. The minimum absolute atomic E-state index is 0.0327. The van der Waals surface area contributed by atoms with E-state index in [1.165, 1.54) is 24.3 Å². The molecule has 2 atom stereocenters. The highest BCUT2D eigenvalue weighted by Crippen LogP contribution is 2.38. The molecule has 0 fully saturated rings. The molecule has 0 aliphatic heterocycles. The van der Waals surface area contributed by atoms with E-state index in [2.05, 4.69) is 13.8 Å². The smallest absolute Gasteiger partial charge is 0.264 e. The molecule has 3 rings (SSSR count). The number of hydrogen-bond acceptors (Lipinski definition) is 4. The van der Waals surface area contributed by atoms with Crippen LogP contribution in [-0.4, -0.2) is 39.4 Å². The first-order valence-electron chi connectivity index (χ1n) is 14.0. The maximum Gasteiger partial charge on any atom is 0.264 e. The molecule has 0 aliphatic rings. The predicted molar refractivity (Wildman–Crippen MR) is 163 cm³/mol. The van der Waals surface area contributed by atoms with Crippen LogP contribution in [0.4, 0.5) is 14.5 Å². The third kappa shape index (κ3) is 8.44. The molecule has 3 aromatic rings. The van der Waals surface area contributed by atoms with Crippen LogP contribution < -0.4 is 9.04 Å². The van der Waals surface area contributed by atoms with Gasteiger partial charge in [-0.3, -0.25) is 9.10 Å². The molecule has 0 heterocycles. The Morgan fingerprint density at radius 1 is 0.952 bits per heavy atom. The molecule has 6 nitrogen and oxygen atoms in total. The average molecular weight is 621 g/mol. The highest BCUT2D eigenvalue weighted by molar-refractivity contribution is 7.92. The number of unbranched alkanes of at least 4 members (excludes halogenated alkanes) is 1. The van der Waals surface area contributed by atoms with Crippen molar-refractivity contribution < 1.29 is 26.7 Å². The monoisotopic (exact) mass is 620 g/mol. The van der Waals surface area contributed by atoms with Crippen molar-refractivity contribution in [3.8, 4) is 5.75 Å². The third-order valence-corrected chi connectivity index (χ3v) is 9.16. The molecule has 228 valence electrons. The topological polar surface area (TPSA) is 66.9 Å². The number of amides is 1. The fourth-order valence-corrected chi connectivity index (χ4v) is 6.69. The maximum absolute atomic E-state index is 15.1. The van der Waals surface area contributed by atoms with Gasteiger partial charge in [0.25, 0.3) is 10.0 Å². The number of benzene rings is 3. The van der Waals surface area contributed by atoms with Gasteiger partial charge in [-0.2, -0.15) is 0 Å². The summed E-state index contributed by atoms with van der Waals surface area (Å²) < 4.78 is 64.1. The first-order valence-corrected chi connectivity index (χ1v) is 15.9. The van der Waals surface area contributed by atoms with E-state index < -0.39 is 33.4 Å². The molecule has 0 spiro atoms. The lowest BCUT2D eigenvalue weighted by Crippen LogP contribution is -2.34. The summed E-state index contributed by atoms with van der Waals surface area (Å²) in [5.41, 5.74) is 0.0557. The molecule has 0 N–H and O–H groups in total. The van der Waals surface area contributed by atoms with E-state index in [0.717, 1.165) is 35.3 Å². The fourth-order valence-electron chi connectivity index (χ4n) is 4.93. The predicted octanol–water partition coefficient (Wildman–Crippen LogP) is 7.87. The number of anilines is 1. The molecule has 1 amide bonds. The summed E-state index contributed by atoms with van der Waals surface area (Å²) in [7, 11) is -2.56. The van der Waals surface area contributed by atoms with Crippen LogP contribution in [0, 0.1) is 23.5 Å². The van der Waals surface area contributed by atoms with Crippen molar-refractivity contribution in [1.29, 1.82) is 0 Å². The van der Waals surface area contributed by atoms with E-state index in [1.807, 2.05) is 6.92 Å². The van der Waals surface area contributed by atoms with Gasteiger partial charge in [0.15, 0.2) is 0 Å². The Labute approximate surface area is 253 Å². The number of halogens is 3. The van der Waals surface area contributed by atoms with Gasteiger partial charge in [0, 0.05) is 36.2 Å². The van der Waals surface area contributed by atoms with Crippen LogP contribution in [0.15, 0.2) is 71.6 Å². The van der Waals surface area contributed by atoms with Crippen LogP contribution in [0.25, 0.3) is 0 Å². The van der Waals surface area contributed by atoms with Gasteiger partial charge in [0.2, 0.25) is 5.91 Å². The molecule has 0 saturated heterocycles. The van der Waals surface area contributed by atoms with Crippen LogP contribution in [0.2, 0.25) is 5.02 Å². The molecule has 42 heavy (non-hydrogen) atoms. The minimum atomic E-state index is -4.36. The number of carbonyl (C=O) groups excluding carboxylic acids is 1. The van der Waals surface area contributed by atoms with Crippen LogP contribution >= 0.6 is 11.6 Å². The second kappa shape index (κ2) is 14.8. The first-order chi connectivity index (χ1) is 19.8. The lowest BCUT2D eigenvalue weighted by Gasteiger charge is -2.32. The van der Waals surface area contributed by atoms with Crippen LogP contribution in [0.1, 0.15) is 58.6 Å². The van der Waals surface area contributed by atoms with Crippen LogP contribution in [0.5, 0.6) is 5.75 Å². The van der Waals surface area contributed by atoms with Crippen molar-refractivity contribution in [3.05, 3.63) is 89.0 Å². The first kappa shape index (κ1) is 33.3. The lowest BCUT2D eigenvalue weighted by atomic mass is 9.98. The SMILES string of the molecule is CC(C)CC(C)C(=O)N(C)CCCCOc1ccccc1C(C)N(c1cc(F)ccc1F)S(=O)(=O)c1ccc(Cl)cc1. The summed E-state index contributed by atoms with van der Waals surface area (Å²) in [5, 5.41) is 0.338. The summed E-state index contributed by atoms with van der Waals surface area (Å²) in [6.07, 6.45) is 2.22. The van der Waals surface area contributed by atoms with Crippen molar-refractivity contribution in [2.75, 3.05) is 24.5 Å². The third-order valence-electron chi connectivity index (χ3n) is 7.01. The molecule has 0 aromatic heterocycles. The molecular formula is C32H39ClF2N2O4S. The quantitative estimate of drug-likeness (QED) is 0.172. The van der Waals surface area contributed by atoms with E-state index in [1.54, 1.807) is 43.1 Å². The zero-order chi connectivity index (χ0) is 31.0. The van der Waals surface area contributed by atoms with Crippen molar-refractivity contribution in [2.45, 2.75) is 57.9 Å². The Kier molecular flexibility index (Phi) is 11.8. The van der Waals surface area contributed by atoms with Crippen LogP contribution in [0.3, 0.4) is 0 Å². The fraction of sp³-hybridized carbons (Fsp3) is 0.406. The minimum Gasteiger partial charge on any atom is -0.493 e. The van der Waals surface area contributed by atoms with Gasteiger partial charge in [-0.15, -0.1) is 0 Å². The molecule has 2 unspecified atom stereocenters. The molecule has 10 heteroatoms. The molecule has 0 saturated carbocycles. The highest BCUT2D eigenvalue weighted by atomic mass is 35.5. The van der Waals surface area contributed by atoms with Gasteiger partial charge >= 0.3 is 0 Å². The normalized spacial score (nSPS) is 13.1. The van der Waals surface area contributed by atoms with Gasteiger partial charge in [0.1, 0.15) is 17.4 Å². The largest absolute Gasteiger partial charge is 0.493 e. The highest BCUT2D eigenvalue weighted by Gasteiger charge is 2.34. The number of rotatable bonds is 14. The van der Waals surface area contributed by atoms with E-state index >= 15 is 4.39 Å². The number of nitrogens with zero attached hydrogens (tertiary/aromatic N) is 2. The van der Waals surface area contributed by atoms with E-state index in [0.29, 0.717) is 41.8 Å². The Bertz CT molecular complexity index is 1450. The summed E-state index contributed by atoms with van der Waals surface area (Å²) in [6, 6.07) is 14.1.